The summed E-state index contributed by atoms with van der Waals surface area (Å²) in [5.74, 6) is 0. The summed E-state index contributed by atoms with van der Waals surface area (Å²) in [7, 11) is 7.64. The lowest BCUT2D eigenvalue weighted by molar-refractivity contribution is 0.522. The lowest BCUT2D eigenvalue weighted by Gasteiger charge is -2.22. The highest BCUT2D eigenvalue weighted by molar-refractivity contribution is 8.78. The first-order valence-corrected chi connectivity index (χ1v) is 23.4. The zero-order valence-corrected chi connectivity index (χ0v) is 33.4. The molecule has 0 bridgehead atoms. The molecule has 1 rings (SSSR count). The summed E-state index contributed by atoms with van der Waals surface area (Å²) in [5.41, 5.74) is 0. The van der Waals surface area contributed by atoms with Crippen molar-refractivity contribution in [3.05, 3.63) is 0 Å². The minimum atomic E-state index is 0.285. The lowest BCUT2D eigenvalue weighted by atomic mass is 10.0. The van der Waals surface area contributed by atoms with Crippen LogP contribution >= 0.6 is 54.5 Å². The Balaban J connectivity index is 2.05. The van der Waals surface area contributed by atoms with E-state index in [1.807, 2.05) is 43.2 Å². The Labute approximate surface area is 289 Å². The molecule has 1 heterocycles. The molecule has 0 aliphatic rings. The van der Waals surface area contributed by atoms with Gasteiger partial charge in [-0.05, 0) is 62.1 Å². The van der Waals surface area contributed by atoms with E-state index in [1.54, 1.807) is 11.3 Å². The van der Waals surface area contributed by atoms with Crippen molar-refractivity contribution in [1.29, 1.82) is 0 Å². The van der Waals surface area contributed by atoms with Gasteiger partial charge in [0.2, 0.25) is 0 Å². The van der Waals surface area contributed by atoms with Gasteiger partial charge in [-0.2, -0.15) is 0 Å². The first-order chi connectivity index (χ1) is 20.8. The Morgan fingerprint density at radius 1 is 0.419 bits per heavy atom. The Morgan fingerprint density at radius 2 is 0.674 bits per heavy atom. The second kappa shape index (κ2) is 28.0. The van der Waals surface area contributed by atoms with Crippen molar-refractivity contribution < 1.29 is 0 Å². The largest absolute Gasteiger partial charge is 0.185 e. The van der Waals surface area contributed by atoms with Crippen LogP contribution in [-0.4, -0.2) is 19.7 Å². The standard InChI is InChI=1S/C36H70N2S5/c1-7-9-11-13-15-17-19-21-23-25-27-29-31-35(3,4)42-40-33-37-38-34(39-33)41-43-36(5,6)32-30-28-26-24-22-20-18-16-14-12-10-8-2/h7-32H2,1-6H3. The fourth-order valence-corrected chi connectivity index (χ4v) is 11.5. The van der Waals surface area contributed by atoms with Gasteiger partial charge in [-0.25, -0.2) is 0 Å². The van der Waals surface area contributed by atoms with Gasteiger partial charge in [-0.3, -0.25) is 0 Å². The van der Waals surface area contributed by atoms with Crippen molar-refractivity contribution >= 4 is 54.5 Å². The molecule has 1 aromatic rings. The molecule has 0 saturated carbocycles. The summed E-state index contributed by atoms with van der Waals surface area (Å²) in [6.45, 7) is 14.2. The van der Waals surface area contributed by atoms with E-state index in [-0.39, 0.29) is 9.49 Å². The van der Waals surface area contributed by atoms with E-state index in [0.29, 0.717) is 0 Å². The van der Waals surface area contributed by atoms with Crippen LogP contribution in [0.3, 0.4) is 0 Å². The molecule has 0 aliphatic carbocycles. The quantitative estimate of drug-likeness (QED) is 0.0551. The molecule has 43 heavy (non-hydrogen) atoms. The van der Waals surface area contributed by atoms with Crippen LogP contribution in [0.1, 0.15) is 208 Å². The molecular weight excluding hydrogens is 621 g/mol. The van der Waals surface area contributed by atoms with Crippen molar-refractivity contribution in [3.63, 3.8) is 0 Å². The van der Waals surface area contributed by atoms with E-state index < -0.39 is 0 Å². The van der Waals surface area contributed by atoms with Crippen LogP contribution in [0.5, 0.6) is 0 Å². The molecule has 0 N–H and O–H groups in total. The Hall–Kier alpha value is 0.960. The first-order valence-electron chi connectivity index (χ1n) is 18.3. The minimum Gasteiger partial charge on any atom is -0.130 e. The first kappa shape index (κ1) is 42.0. The van der Waals surface area contributed by atoms with E-state index in [1.165, 1.54) is 167 Å². The summed E-state index contributed by atoms with van der Waals surface area (Å²) in [6.07, 6.45) is 36.6. The zero-order valence-electron chi connectivity index (χ0n) is 29.3. The Morgan fingerprint density at radius 3 is 0.953 bits per heavy atom. The molecule has 7 heteroatoms. The molecule has 0 amide bonds. The van der Waals surface area contributed by atoms with Gasteiger partial charge >= 0.3 is 0 Å². The van der Waals surface area contributed by atoms with E-state index in [2.05, 4.69) is 51.7 Å². The molecule has 0 radical (unpaired) electrons. The third-order valence-electron chi connectivity index (χ3n) is 8.33. The smallest absolute Gasteiger partial charge is 0.130 e. The van der Waals surface area contributed by atoms with Gasteiger partial charge < -0.3 is 0 Å². The van der Waals surface area contributed by atoms with Crippen molar-refractivity contribution in [2.24, 2.45) is 0 Å². The van der Waals surface area contributed by atoms with Crippen LogP contribution in [0.15, 0.2) is 8.68 Å². The average Bonchev–Trinajstić information content (AvgIpc) is 3.44. The molecular formula is C36H70N2S5. The molecule has 254 valence electrons. The van der Waals surface area contributed by atoms with Gasteiger partial charge in [0.1, 0.15) is 0 Å². The molecule has 0 fully saturated rings. The second-order valence-electron chi connectivity index (χ2n) is 14.0. The van der Waals surface area contributed by atoms with Gasteiger partial charge in [-0.15, -0.1) is 10.2 Å². The topological polar surface area (TPSA) is 25.8 Å². The molecule has 0 spiro atoms. The fourth-order valence-electron chi connectivity index (χ4n) is 5.43. The molecule has 0 unspecified atom stereocenters. The predicted molar refractivity (Wildman–Crippen MR) is 206 cm³/mol. The summed E-state index contributed by atoms with van der Waals surface area (Å²) < 4.78 is 2.78. The van der Waals surface area contributed by atoms with Gasteiger partial charge in [0.15, 0.2) is 8.68 Å². The minimum absolute atomic E-state index is 0.285. The van der Waals surface area contributed by atoms with Crippen LogP contribution in [0.2, 0.25) is 0 Å². The van der Waals surface area contributed by atoms with Crippen LogP contribution in [0.25, 0.3) is 0 Å². The number of hydrogen-bond donors (Lipinski definition) is 0. The second-order valence-corrected chi connectivity index (χ2v) is 21.1. The van der Waals surface area contributed by atoms with E-state index in [0.717, 1.165) is 8.68 Å². The third-order valence-corrected chi connectivity index (χ3v) is 16.6. The maximum Gasteiger partial charge on any atom is 0.185 e. The van der Waals surface area contributed by atoms with E-state index in [4.69, 9.17) is 0 Å². The van der Waals surface area contributed by atoms with E-state index >= 15 is 0 Å². The highest BCUT2D eigenvalue weighted by Crippen LogP contribution is 2.48. The van der Waals surface area contributed by atoms with Crippen molar-refractivity contribution in [2.75, 3.05) is 0 Å². The van der Waals surface area contributed by atoms with Gasteiger partial charge in [-0.1, -0.05) is 201 Å². The van der Waals surface area contributed by atoms with Crippen LogP contribution in [-0.2, 0) is 0 Å². The lowest BCUT2D eigenvalue weighted by Crippen LogP contribution is -2.12. The van der Waals surface area contributed by atoms with E-state index in [9.17, 15) is 0 Å². The Bertz CT molecular complexity index is 678. The highest BCUT2D eigenvalue weighted by Gasteiger charge is 2.22. The monoisotopic (exact) mass is 690 g/mol. The molecule has 0 saturated heterocycles. The number of hydrogen-bond acceptors (Lipinski definition) is 7. The van der Waals surface area contributed by atoms with Crippen molar-refractivity contribution in [1.82, 2.24) is 10.2 Å². The summed E-state index contributed by atoms with van der Waals surface area (Å²) >= 11 is 1.77. The summed E-state index contributed by atoms with van der Waals surface area (Å²) in [5, 5.41) is 9.00. The molecule has 1 aromatic heterocycles. The SMILES string of the molecule is CCCCCCCCCCCCCCC(C)(C)SSc1nnc(SSC(C)(C)CCCCCCCCCCCCCC)s1. The van der Waals surface area contributed by atoms with Crippen molar-refractivity contribution in [2.45, 2.75) is 227 Å². The average molecular weight is 691 g/mol. The number of rotatable bonds is 32. The van der Waals surface area contributed by atoms with Crippen LogP contribution < -0.4 is 0 Å². The predicted octanol–water partition coefficient (Wildman–Crippen LogP) is 15.8. The Kier molecular flexibility index (Phi) is 27.4. The fraction of sp³-hybridized carbons (Fsp3) is 0.944. The normalized spacial score (nSPS) is 12.4. The van der Waals surface area contributed by atoms with Crippen molar-refractivity contribution in [3.8, 4) is 0 Å². The van der Waals surface area contributed by atoms with Crippen LogP contribution in [0, 0.1) is 0 Å². The maximum atomic E-state index is 4.50. The van der Waals surface area contributed by atoms with Gasteiger partial charge in [0, 0.05) is 9.49 Å². The zero-order chi connectivity index (χ0) is 31.5. The third kappa shape index (κ3) is 26.7. The number of aromatic nitrogens is 2. The van der Waals surface area contributed by atoms with Gasteiger partial charge in [0.25, 0.3) is 0 Å². The summed E-state index contributed by atoms with van der Waals surface area (Å²) in [6, 6.07) is 0. The molecule has 0 aliphatic heterocycles. The number of nitrogens with zero attached hydrogens (tertiary/aromatic N) is 2. The molecule has 0 atom stereocenters. The highest BCUT2D eigenvalue weighted by atomic mass is 33.1. The molecule has 2 nitrogen and oxygen atoms in total. The number of unbranched alkanes of at least 4 members (excludes halogenated alkanes) is 22. The maximum absolute atomic E-state index is 4.50. The van der Waals surface area contributed by atoms with Crippen LogP contribution in [0.4, 0.5) is 0 Å². The summed E-state index contributed by atoms with van der Waals surface area (Å²) in [4.78, 5) is 0. The van der Waals surface area contributed by atoms with Gasteiger partial charge in [0.05, 0.1) is 0 Å². The molecule has 0 aromatic carbocycles.